The van der Waals surface area contributed by atoms with E-state index < -0.39 is 0 Å². The molecule has 0 aliphatic rings. The molecule has 132 valence electrons. The highest BCUT2D eigenvalue weighted by Crippen LogP contribution is 2.27. The van der Waals surface area contributed by atoms with Gasteiger partial charge in [-0.1, -0.05) is 65.7 Å². The van der Waals surface area contributed by atoms with Gasteiger partial charge in [0.25, 0.3) is 0 Å². The molecule has 0 saturated carbocycles. The molecule has 3 nitrogen and oxygen atoms in total. The molecule has 0 aliphatic heterocycles. The first-order valence-corrected chi connectivity index (χ1v) is 9.10. The van der Waals surface area contributed by atoms with Gasteiger partial charge in [-0.15, -0.1) is 0 Å². The maximum absolute atomic E-state index is 12.6. The van der Waals surface area contributed by atoms with Crippen LogP contribution in [0.1, 0.15) is 11.3 Å². The SMILES string of the molecule is O=c1ccccc2c(/C=C\c3c(Cl)cccc3Cl)nn(-c3ccccc3)c12. The molecule has 0 amide bonds. The Morgan fingerprint density at radius 2 is 1.44 bits per heavy atom. The Morgan fingerprint density at radius 3 is 2.19 bits per heavy atom. The fourth-order valence-corrected chi connectivity index (χ4v) is 3.46. The molecule has 4 aromatic rings. The Hall–Kier alpha value is -2.88. The second kappa shape index (κ2) is 7.39. The summed E-state index contributed by atoms with van der Waals surface area (Å²) >= 11 is 12.5. The number of rotatable bonds is 3. The van der Waals surface area contributed by atoms with E-state index >= 15 is 0 Å². The molecule has 0 radical (unpaired) electrons. The molecule has 5 heteroatoms. The lowest BCUT2D eigenvalue weighted by molar-refractivity contribution is 0.902. The standard InChI is InChI=1S/C22H14Cl2N2O/c23-18-10-6-11-19(24)16(18)13-14-20-17-9-4-5-12-21(27)22(17)26(25-20)15-7-2-1-3-8-15/h1-14H/b14-13-. The van der Waals surface area contributed by atoms with Gasteiger partial charge in [-0.2, -0.15) is 5.10 Å². The molecule has 1 heterocycles. The molecule has 0 N–H and O–H groups in total. The molecule has 4 rings (SSSR count). The van der Waals surface area contributed by atoms with Gasteiger partial charge in [0.2, 0.25) is 5.43 Å². The number of benzene rings is 2. The molecule has 0 unspecified atom stereocenters. The van der Waals surface area contributed by atoms with E-state index in [2.05, 4.69) is 5.10 Å². The summed E-state index contributed by atoms with van der Waals surface area (Å²) in [5.74, 6) is 0. The van der Waals surface area contributed by atoms with Crippen molar-refractivity contribution in [2.45, 2.75) is 0 Å². The molecule has 0 fully saturated rings. The van der Waals surface area contributed by atoms with Crippen LogP contribution < -0.4 is 5.43 Å². The smallest absolute Gasteiger partial charge is 0.204 e. The van der Waals surface area contributed by atoms with Crippen LogP contribution in [-0.4, -0.2) is 9.78 Å². The van der Waals surface area contributed by atoms with Gasteiger partial charge in [-0.05, 0) is 42.5 Å². The topological polar surface area (TPSA) is 34.9 Å². The van der Waals surface area contributed by atoms with Crippen molar-refractivity contribution in [1.82, 2.24) is 9.78 Å². The van der Waals surface area contributed by atoms with Crippen molar-refractivity contribution in [1.29, 1.82) is 0 Å². The Balaban J connectivity index is 1.95. The minimum absolute atomic E-state index is 0.0956. The summed E-state index contributed by atoms with van der Waals surface area (Å²) in [6, 6.07) is 21.9. The normalized spacial score (nSPS) is 11.3. The third-order valence-electron chi connectivity index (χ3n) is 4.21. The van der Waals surface area contributed by atoms with Crippen LogP contribution in [0.25, 0.3) is 28.7 Å². The van der Waals surface area contributed by atoms with E-state index in [0.29, 0.717) is 26.8 Å². The van der Waals surface area contributed by atoms with Gasteiger partial charge >= 0.3 is 0 Å². The average Bonchev–Trinajstić information content (AvgIpc) is 2.93. The van der Waals surface area contributed by atoms with Crippen molar-refractivity contribution in [3.05, 3.63) is 104 Å². The van der Waals surface area contributed by atoms with E-state index in [9.17, 15) is 4.79 Å². The van der Waals surface area contributed by atoms with Gasteiger partial charge in [0.15, 0.2) is 0 Å². The van der Waals surface area contributed by atoms with Crippen LogP contribution in [0.2, 0.25) is 10.0 Å². The molecule has 0 saturated heterocycles. The Kier molecular flexibility index (Phi) is 4.80. The minimum Gasteiger partial charge on any atom is -0.288 e. The second-order valence-corrected chi connectivity index (χ2v) is 6.76. The van der Waals surface area contributed by atoms with E-state index in [4.69, 9.17) is 23.2 Å². The number of aromatic nitrogens is 2. The van der Waals surface area contributed by atoms with Gasteiger partial charge in [-0.3, -0.25) is 4.79 Å². The first kappa shape index (κ1) is 17.5. The van der Waals surface area contributed by atoms with Crippen LogP contribution in [0.3, 0.4) is 0 Å². The Bertz CT molecular complexity index is 1190. The molecule has 0 bridgehead atoms. The highest BCUT2D eigenvalue weighted by Gasteiger charge is 2.12. The van der Waals surface area contributed by atoms with Crippen LogP contribution >= 0.6 is 23.2 Å². The molecule has 1 aromatic heterocycles. The number of para-hydroxylation sites is 1. The summed E-state index contributed by atoms with van der Waals surface area (Å²) in [5.41, 5.74) is 2.63. The van der Waals surface area contributed by atoms with E-state index in [1.54, 1.807) is 35.0 Å². The van der Waals surface area contributed by atoms with E-state index in [-0.39, 0.29) is 5.43 Å². The number of nitrogens with zero attached hydrogens (tertiary/aromatic N) is 2. The summed E-state index contributed by atoms with van der Waals surface area (Å²) in [6.07, 6.45) is 3.65. The van der Waals surface area contributed by atoms with Crippen LogP contribution in [0.5, 0.6) is 0 Å². The third kappa shape index (κ3) is 3.39. The zero-order valence-electron chi connectivity index (χ0n) is 14.1. The van der Waals surface area contributed by atoms with E-state index in [1.807, 2.05) is 54.6 Å². The molecule has 0 aliphatic carbocycles. The predicted molar refractivity (Wildman–Crippen MR) is 113 cm³/mol. The summed E-state index contributed by atoms with van der Waals surface area (Å²) in [7, 11) is 0. The summed E-state index contributed by atoms with van der Waals surface area (Å²) in [6.45, 7) is 0. The van der Waals surface area contributed by atoms with Crippen LogP contribution in [-0.2, 0) is 0 Å². The van der Waals surface area contributed by atoms with Crippen LogP contribution in [0.4, 0.5) is 0 Å². The van der Waals surface area contributed by atoms with E-state index in [0.717, 1.165) is 11.1 Å². The first-order chi connectivity index (χ1) is 13.1. The highest BCUT2D eigenvalue weighted by atomic mass is 35.5. The lowest BCUT2D eigenvalue weighted by Gasteiger charge is -2.01. The van der Waals surface area contributed by atoms with Gasteiger partial charge in [-0.25, -0.2) is 4.68 Å². The van der Waals surface area contributed by atoms with Crippen molar-refractivity contribution in [3.63, 3.8) is 0 Å². The Morgan fingerprint density at radius 1 is 0.778 bits per heavy atom. The molecular formula is C22H14Cl2N2O. The molecule has 0 atom stereocenters. The summed E-state index contributed by atoms with van der Waals surface area (Å²) in [4.78, 5) is 12.6. The molecule has 3 aromatic carbocycles. The minimum atomic E-state index is -0.0956. The van der Waals surface area contributed by atoms with Crippen molar-refractivity contribution in [2.75, 3.05) is 0 Å². The fourth-order valence-electron chi connectivity index (χ4n) is 2.93. The van der Waals surface area contributed by atoms with Gasteiger partial charge in [0.1, 0.15) is 5.52 Å². The zero-order chi connectivity index (χ0) is 18.8. The van der Waals surface area contributed by atoms with Crippen molar-refractivity contribution in [2.24, 2.45) is 0 Å². The quantitative estimate of drug-likeness (QED) is 0.437. The van der Waals surface area contributed by atoms with Crippen molar-refractivity contribution >= 4 is 46.3 Å². The number of halogens is 2. The average molecular weight is 393 g/mol. The molecular weight excluding hydrogens is 379 g/mol. The second-order valence-electron chi connectivity index (χ2n) is 5.95. The Labute approximate surface area is 166 Å². The predicted octanol–water partition coefficient (Wildman–Crippen LogP) is 5.86. The van der Waals surface area contributed by atoms with Crippen LogP contribution in [0, 0.1) is 0 Å². The fraction of sp³-hybridized carbons (Fsp3) is 0. The lowest BCUT2D eigenvalue weighted by Crippen LogP contribution is -2.04. The van der Waals surface area contributed by atoms with Gasteiger partial charge in [0, 0.05) is 21.0 Å². The van der Waals surface area contributed by atoms with Crippen molar-refractivity contribution in [3.8, 4) is 5.69 Å². The largest absolute Gasteiger partial charge is 0.288 e. The summed E-state index contributed by atoms with van der Waals surface area (Å²) < 4.78 is 1.67. The van der Waals surface area contributed by atoms with Crippen molar-refractivity contribution < 1.29 is 0 Å². The molecule has 27 heavy (non-hydrogen) atoms. The maximum Gasteiger partial charge on any atom is 0.204 e. The maximum atomic E-state index is 12.6. The van der Waals surface area contributed by atoms with Gasteiger partial charge in [0.05, 0.1) is 11.4 Å². The van der Waals surface area contributed by atoms with E-state index in [1.165, 1.54) is 0 Å². The monoisotopic (exact) mass is 392 g/mol. The first-order valence-electron chi connectivity index (χ1n) is 8.35. The molecule has 0 spiro atoms. The summed E-state index contributed by atoms with van der Waals surface area (Å²) in [5, 5.41) is 6.54. The number of hydrogen-bond donors (Lipinski definition) is 0. The number of fused-ring (bicyclic) bond motifs is 1. The zero-order valence-corrected chi connectivity index (χ0v) is 15.7. The third-order valence-corrected chi connectivity index (χ3v) is 4.87. The lowest BCUT2D eigenvalue weighted by atomic mass is 10.1. The highest BCUT2D eigenvalue weighted by molar-refractivity contribution is 6.37. The van der Waals surface area contributed by atoms with Gasteiger partial charge < -0.3 is 0 Å². The number of hydrogen-bond acceptors (Lipinski definition) is 2. The van der Waals surface area contributed by atoms with Crippen LogP contribution in [0.15, 0.2) is 77.6 Å².